The number of nitrogens with zero attached hydrogens (tertiary/aromatic N) is 4. The van der Waals surface area contributed by atoms with Crippen LogP contribution in [0.5, 0.6) is 0 Å². The van der Waals surface area contributed by atoms with E-state index in [0.29, 0.717) is 17.2 Å². The number of thiophene rings is 1. The van der Waals surface area contributed by atoms with Crippen LogP contribution in [0.15, 0.2) is 77.4 Å². The smallest absolute Gasteiger partial charge is 0.267 e. The molecule has 154 valence electrons. The molecule has 2 aromatic carbocycles. The highest BCUT2D eigenvalue weighted by molar-refractivity contribution is 9.10. The van der Waals surface area contributed by atoms with Gasteiger partial charge in [-0.05, 0) is 42.8 Å². The molecule has 0 unspecified atom stereocenters. The third-order valence-corrected chi connectivity index (χ3v) is 6.55. The topological polar surface area (TPSA) is 64.7 Å². The number of halogens is 1. The largest absolute Gasteiger partial charge is 0.304 e. The van der Waals surface area contributed by atoms with Gasteiger partial charge in [0.2, 0.25) is 0 Å². The summed E-state index contributed by atoms with van der Waals surface area (Å²) in [5.41, 5.74) is 3.00. The molecule has 5 rings (SSSR count). The Balaban J connectivity index is 1.35. The van der Waals surface area contributed by atoms with Crippen molar-refractivity contribution in [3.8, 4) is 5.69 Å². The number of para-hydroxylation sites is 1. The van der Waals surface area contributed by atoms with Crippen molar-refractivity contribution in [2.24, 2.45) is 0 Å². The summed E-state index contributed by atoms with van der Waals surface area (Å²) < 4.78 is 4.74. The van der Waals surface area contributed by atoms with Crippen LogP contribution < -0.4 is 5.32 Å². The van der Waals surface area contributed by atoms with Crippen molar-refractivity contribution in [3.05, 3.63) is 93.5 Å². The molecular weight excluding hydrogens is 474 g/mol. The minimum atomic E-state index is -0.172. The van der Waals surface area contributed by atoms with Crippen LogP contribution in [0, 0.1) is 6.92 Å². The summed E-state index contributed by atoms with van der Waals surface area (Å²) in [7, 11) is 0. The maximum absolute atomic E-state index is 12.9. The lowest BCUT2D eigenvalue weighted by atomic mass is 10.2. The summed E-state index contributed by atoms with van der Waals surface area (Å²) in [5.74, 6) is 0.357. The number of hydrogen-bond donors (Lipinski definition) is 1. The summed E-state index contributed by atoms with van der Waals surface area (Å²) >= 11 is 4.87. The summed E-state index contributed by atoms with van der Waals surface area (Å²) in [6.45, 7) is 2.60. The number of anilines is 1. The Kier molecular flexibility index (Phi) is 5.17. The van der Waals surface area contributed by atoms with Crippen molar-refractivity contribution in [2.75, 3.05) is 5.32 Å². The van der Waals surface area contributed by atoms with E-state index in [2.05, 4.69) is 31.4 Å². The Bertz CT molecular complexity index is 1370. The molecule has 0 spiro atoms. The average Bonchev–Trinajstić information content (AvgIpc) is 3.47. The van der Waals surface area contributed by atoms with Crippen molar-refractivity contribution in [1.29, 1.82) is 0 Å². The predicted molar refractivity (Wildman–Crippen MR) is 127 cm³/mol. The lowest BCUT2D eigenvalue weighted by molar-refractivity contribution is 0.103. The Morgan fingerprint density at radius 1 is 1.06 bits per heavy atom. The number of nitrogens with one attached hydrogen (secondary N) is 1. The Morgan fingerprint density at radius 2 is 1.84 bits per heavy atom. The number of rotatable bonds is 5. The van der Waals surface area contributed by atoms with Crippen LogP contribution in [0.2, 0.25) is 0 Å². The van der Waals surface area contributed by atoms with Gasteiger partial charge in [-0.2, -0.15) is 10.2 Å². The number of benzene rings is 2. The predicted octanol–water partition coefficient (Wildman–Crippen LogP) is 5.66. The van der Waals surface area contributed by atoms with E-state index in [1.54, 1.807) is 10.7 Å². The molecule has 0 radical (unpaired) electrons. The SMILES string of the molecule is Cc1nn(-c2ccccc2)c2sc(C(=O)Nc3ccn(Cc4ccc(Br)cc4)n3)cc12. The molecule has 0 bridgehead atoms. The molecule has 0 aliphatic carbocycles. The minimum Gasteiger partial charge on any atom is -0.304 e. The Hall–Kier alpha value is -3.23. The zero-order valence-corrected chi connectivity index (χ0v) is 19.0. The van der Waals surface area contributed by atoms with E-state index in [1.165, 1.54) is 11.3 Å². The lowest BCUT2D eigenvalue weighted by Gasteiger charge is -2.03. The van der Waals surface area contributed by atoms with Gasteiger partial charge in [-0.15, -0.1) is 11.3 Å². The molecule has 0 aliphatic heterocycles. The van der Waals surface area contributed by atoms with Gasteiger partial charge in [-0.25, -0.2) is 4.68 Å². The van der Waals surface area contributed by atoms with E-state index in [4.69, 9.17) is 0 Å². The third kappa shape index (κ3) is 4.04. The van der Waals surface area contributed by atoms with Gasteiger partial charge in [-0.3, -0.25) is 9.48 Å². The number of carbonyl (C=O) groups excluding carboxylic acids is 1. The van der Waals surface area contributed by atoms with Gasteiger partial charge >= 0.3 is 0 Å². The van der Waals surface area contributed by atoms with E-state index < -0.39 is 0 Å². The van der Waals surface area contributed by atoms with E-state index in [-0.39, 0.29) is 5.91 Å². The summed E-state index contributed by atoms with van der Waals surface area (Å²) in [6, 6.07) is 21.7. The first-order valence-electron chi connectivity index (χ1n) is 9.71. The number of amides is 1. The Morgan fingerprint density at radius 3 is 2.61 bits per heavy atom. The summed E-state index contributed by atoms with van der Waals surface area (Å²) in [5, 5.41) is 13.0. The zero-order valence-electron chi connectivity index (χ0n) is 16.6. The van der Waals surface area contributed by atoms with Crippen molar-refractivity contribution in [2.45, 2.75) is 13.5 Å². The van der Waals surface area contributed by atoms with E-state index in [0.717, 1.165) is 31.6 Å². The molecule has 8 heteroatoms. The van der Waals surface area contributed by atoms with Crippen LogP contribution in [0.3, 0.4) is 0 Å². The molecule has 3 aromatic heterocycles. The van der Waals surface area contributed by atoms with Crippen LogP contribution in [0.1, 0.15) is 20.9 Å². The van der Waals surface area contributed by atoms with E-state index >= 15 is 0 Å². The lowest BCUT2D eigenvalue weighted by Crippen LogP contribution is -2.11. The molecule has 3 heterocycles. The summed E-state index contributed by atoms with van der Waals surface area (Å²) in [6.07, 6.45) is 1.86. The second-order valence-corrected chi connectivity index (χ2v) is 9.09. The number of aromatic nitrogens is 4. The number of fused-ring (bicyclic) bond motifs is 1. The fourth-order valence-corrected chi connectivity index (χ4v) is 4.72. The van der Waals surface area contributed by atoms with Crippen LogP contribution in [0.25, 0.3) is 15.9 Å². The molecule has 6 nitrogen and oxygen atoms in total. The van der Waals surface area contributed by atoms with Crippen LogP contribution >= 0.6 is 27.3 Å². The van der Waals surface area contributed by atoms with Crippen molar-refractivity contribution >= 4 is 49.2 Å². The monoisotopic (exact) mass is 491 g/mol. The molecule has 1 amide bonds. The van der Waals surface area contributed by atoms with Gasteiger partial charge in [0, 0.05) is 22.1 Å². The second-order valence-electron chi connectivity index (χ2n) is 7.14. The number of hydrogen-bond acceptors (Lipinski definition) is 4. The molecule has 0 fully saturated rings. The first-order chi connectivity index (χ1) is 15.1. The first-order valence-corrected chi connectivity index (χ1v) is 11.3. The molecule has 0 saturated carbocycles. The second kappa shape index (κ2) is 8.13. The molecule has 31 heavy (non-hydrogen) atoms. The highest BCUT2D eigenvalue weighted by Crippen LogP contribution is 2.30. The first kappa shape index (κ1) is 19.7. The van der Waals surface area contributed by atoms with Crippen molar-refractivity contribution in [3.63, 3.8) is 0 Å². The molecular formula is C23H18BrN5OS. The zero-order chi connectivity index (χ0) is 21.4. The maximum atomic E-state index is 12.9. The molecule has 0 saturated heterocycles. The van der Waals surface area contributed by atoms with Crippen molar-refractivity contribution in [1.82, 2.24) is 19.6 Å². The average molecular weight is 492 g/mol. The van der Waals surface area contributed by atoms with Gasteiger partial charge in [0.05, 0.1) is 22.8 Å². The fourth-order valence-electron chi connectivity index (χ4n) is 3.37. The van der Waals surface area contributed by atoms with E-state index in [9.17, 15) is 4.79 Å². The maximum Gasteiger partial charge on any atom is 0.267 e. The number of aryl methyl sites for hydroxylation is 1. The van der Waals surface area contributed by atoms with Crippen molar-refractivity contribution < 1.29 is 4.79 Å². The van der Waals surface area contributed by atoms with Crippen LogP contribution in [-0.4, -0.2) is 25.5 Å². The Labute approximate surface area is 191 Å². The summed E-state index contributed by atoms with van der Waals surface area (Å²) in [4.78, 5) is 14.4. The van der Waals surface area contributed by atoms with Gasteiger partial charge < -0.3 is 5.32 Å². The van der Waals surface area contributed by atoms with Gasteiger partial charge in [0.25, 0.3) is 5.91 Å². The quantitative estimate of drug-likeness (QED) is 0.345. The van der Waals surface area contributed by atoms with Crippen LogP contribution in [0.4, 0.5) is 5.82 Å². The normalized spacial score (nSPS) is 11.2. The fraction of sp³-hybridized carbons (Fsp3) is 0.0870. The van der Waals surface area contributed by atoms with Gasteiger partial charge in [-0.1, -0.05) is 46.3 Å². The molecule has 1 N–H and O–H groups in total. The van der Waals surface area contributed by atoms with E-state index in [1.807, 2.05) is 78.5 Å². The van der Waals surface area contributed by atoms with Crippen LogP contribution in [-0.2, 0) is 6.54 Å². The van der Waals surface area contributed by atoms with Gasteiger partial charge in [0.1, 0.15) is 4.83 Å². The molecule has 0 atom stereocenters. The molecule has 0 aliphatic rings. The van der Waals surface area contributed by atoms with Gasteiger partial charge in [0.15, 0.2) is 5.82 Å². The number of carbonyl (C=O) groups is 1. The highest BCUT2D eigenvalue weighted by Gasteiger charge is 2.18. The molecule has 5 aromatic rings. The minimum absolute atomic E-state index is 0.172. The standard InChI is InChI=1S/C23H18BrN5OS/c1-15-19-13-20(31-23(19)29(26-15)18-5-3-2-4-6-18)22(30)25-21-11-12-28(27-21)14-16-7-9-17(24)10-8-16/h2-13H,14H2,1H3,(H,25,27,30). The highest BCUT2D eigenvalue weighted by atomic mass is 79.9. The third-order valence-electron chi connectivity index (χ3n) is 4.91.